The van der Waals surface area contributed by atoms with E-state index in [1.165, 1.54) is 0 Å². The van der Waals surface area contributed by atoms with E-state index < -0.39 is 0 Å². The SMILES string of the molecule is CCOc1nc(-c2cccc(OC)c2)n(-c2ccc(NC(=O)c3ccc(C)cc3)cc2)n1. The number of carbonyl (C=O) groups excluding carboxylic acids is 1. The summed E-state index contributed by atoms with van der Waals surface area (Å²) in [6.07, 6.45) is 0. The topological polar surface area (TPSA) is 78.3 Å². The first-order valence-electron chi connectivity index (χ1n) is 10.3. The third-order valence-corrected chi connectivity index (χ3v) is 4.87. The van der Waals surface area contributed by atoms with Gasteiger partial charge in [0.25, 0.3) is 5.91 Å². The van der Waals surface area contributed by atoms with E-state index in [2.05, 4.69) is 15.4 Å². The van der Waals surface area contributed by atoms with Crippen LogP contribution in [0.3, 0.4) is 0 Å². The first-order valence-corrected chi connectivity index (χ1v) is 10.3. The minimum atomic E-state index is -0.158. The third-order valence-electron chi connectivity index (χ3n) is 4.87. The largest absolute Gasteiger partial charge is 0.497 e. The molecule has 0 saturated heterocycles. The maximum Gasteiger partial charge on any atom is 0.336 e. The predicted molar refractivity (Wildman–Crippen MR) is 124 cm³/mol. The van der Waals surface area contributed by atoms with Crippen molar-refractivity contribution >= 4 is 11.6 Å². The van der Waals surface area contributed by atoms with Gasteiger partial charge in [0.15, 0.2) is 5.82 Å². The van der Waals surface area contributed by atoms with Gasteiger partial charge in [-0.2, -0.15) is 4.98 Å². The Morgan fingerprint density at radius 2 is 1.78 bits per heavy atom. The second kappa shape index (κ2) is 9.34. The van der Waals surface area contributed by atoms with Gasteiger partial charge in [-0.25, -0.2) is 4.68 Å². The van der Waals surface area contributed by atoms with Gasteiger partial charge in [-0.3, -0.25) is 4.79 Å². The second-order valence-electron chi connectivity index (χ2n) is 7.16. The van der Waals surface area contributed by atoms with Crippen molar-refractivity contribution in [2.24, 2.45) is 0 Å². The lowest BCUT2D eigenvalue weighted by Gasteiger charge is -2.09. The van der Waals surface area contributed by atoms with Gasteiger partial charge in [0.2, 0.25) is 0 Å². The molecule has 0 atom stereocenters. The number of methoxy groups -OCH3 is 1. The Kier molecular flexibility index (Phi) is 6.17. The highest BCUT2D eigenvalue weighted by molar-refractivity contribution is 6.04. The van der Waals surface area contributed by atoms with E-state index in [1.807, 2.05) is 86.6 Å². The number of aryl methyl sites for hydroxylation is 1. The number of rotatable bonds is 7. The summed E-state index contributed by atoms with van der Waals surface area (Å²) in [4.78, 5) is 17.0. The summed E-state index contributed by atoms with van der Waals surface area (Å²) < 4.78 is 12.6. The smallest absolute Gasteiger partial charge is 0.336 e. The van der Waals surface area contributed by atoms with Crippen LogP contribution in [0.2, 0.25) is 0 Å². The lowest BCUT2D eigenvalue weighted by molar-refractivity contribution is 0.102. The van der Waals surface area contributed by atoms with Gasteiger partial charge in [-0.15, -0.1) is 5.10 Å². The Bertz CT molecular complexity index is 1210. The molecule has 1 amide bonds. The van der Waals surface area contributed by atoms with Crippen LogP contribution in [0, 0.1) is 6.92 Å². The maximum absolute atomic E-state index is 12.5. The molecule has 1 aromatic heterocycles. The summed E-state index contributed by atoms with van der Waals surface area (Å²) >= 11 is 0. The van der Waals surface area contributed by atoms with Gasteiger partial charge < -0.3 is 14.8 Å². The number of benzene rings is 3. The van der Waals surface area contributed by atoms with E-state index in [0.29, 0.717) is 29.7 Å². The Hall–Kier alpha value is -4.13. The Labute approximate surface area is 186 Å². The molecular weight excluding hydrogens is 404 g/mol. The molecule has 0 unspecified atom stereocenters. The van der Waals surface area contributed by atoms with E-state index in [9.17, 15) is 4.79 Å². The molecule has 0 saturated carbocycles. The number of nitrogens with one attached hydrogen (secondary N) is 1. The van der Waals surface area contributed by atoms with Crippen molar-refractivity contribution in [2.75, 3.05) is 19.0 Å². The highest BCUT2D eigenvalue weighted by Gasteiger charge is 2.15. The van der Waals surface area contributed by atoms with Crippen LogP contribution in [0.15, 0.2) is 72.8 Å². The Morgan fingerprint density at radius 3 is 2.47 bits per heavy atom. The highest BCUT2D eigenvalue weighted by Crippen LogP contribution is 2.27. The van der Waals surface area contributed by atoms with Crippen LogP contribution >= 0.6 is 0 Å². The summed E-state index contributed by atoms with van der Waals surface area (Å²) in [7, 11) is 1.62. The zero-order chi connectivity index (χ0) is 22.5. The zero-order valence-electron chi connectivity index (χ0n) is 18.2. The van der Waals surface area contributed by atoms with Crippen LogP contribution in [-0.4, -0.2) is 34.4 Å². The number of carbonyl (C=O) groups is 1. The summed E-state index contributed by atoms with van der Waals surface area (Å²) in [5.74, 6) is 1.20. The second-order valence-corrected chi connectivity index (χ2v) is 7.16. The number of anilines is 1. The average molecular weight is 428 g/mol. The molecule has 4 rings (SSSR count). The fraction of sp³-hybridized carbons (Fsp3) is 0.160. The molecule has 7 nitrogen and oxygen atoms in total. The zero-order valence-corrected chi connectivity index (χ0v) is 18.2. The number of nitrogens with zero attached hydrogens (tertiary/aromatic N) is 3. The number of ether oxygens (including phenoxy) is 2. The molecule has 7 heteroatoms. The van der Waals surface area contributed by atoms with Gasteiger partial charge in [0, 0.05) is 16.8 Å². The van der Waals surface area contributed by atoms with Crippen molar-refractivity contribution in [3.8, 4) is 28.8 Å². The molecule has 0 fully saturated rings. The molecule has 0 aliphatic rings. The van der Waals surface area contributed by atoms with Crippen molar-refractivity contribution in [1.82, 2.24) is 14.8 Å². The normalized spacial score (nSPS) is 10.6. The van der Waals surface area contributed by atoms with Gasteiger partial charge in [-0.05, 0) is 62.4 Å². The summed E-state index contributed by atoms with van der Waals surface area (Å²) in [6.45, 7) is 4.34. The molecule has 0 bridgehead atoms. The minimum absolute atomic E-state index is 0.158. The van der Waals surface area contributed by atoms with E-state index in [0.717, 1.165) is 22.6 Å². The minimum Gasteiger partial charge on any atom is -0.497 e. The van der Waals surface area contributed by atoms with Gasteiger partial charge >= 0.3 is 6.01 Å². The molecule has 0 aliphatic heterocycles. The molecule has 0 radical (unpaired) electrons. The standard InChI is InChI=1S/C25H24N4O3/c1-4-32-25-27-23(19-6-5-7-22(16-19)31-3)29(28-25)21-14-12-20(13-15-21)26-24(30)18-10-8-17(2)9-11-18/h5-16H,4H2,1-3H3,(H,26,30). The molecule has 3 aromatic carbocycles. The van der Waals surface area contributed by atoms with Crippen molar-refractivity contribution < 1.29 is 14.3 Å². The number of hydrogen-bond donors (Lipinski definition) is 1. The fourth-order valence-corrected chi connectivity index (χ4v) is 3.21. The van der Waals surface area contributed by atoms with Gasteiger partial charge in [0.05, 0.1) is 19.4 Å². The molecule has 1 heterocycles. The van der Waals surface area contributed by atoms with E-state index in [-0.39, 0.29) is 5.91 Å². The lowest BCUT2D eigenvalue weighted by Crippen LogP contribution is -2.11. The van der Waals surface area contributed by atoms with Crippen molar-refractivity contribution in [1.29, 1.82) is 0 Å². The molecular formula is C25H24N4O3. The highest BCUT2D eigenvalue weighted by atomic mass is 16.5. The van der Waals surface area contributed by atoms with Crippen LogP contribution in [0.4, 0.5) is 5.69 Å². The van der Waals surface area contributed by atoms with Crippen LogP contribution in [0.5, 0.6) is 11.8 Å². The first-order chi connectivity index (χ1) is 15.6. The Morgan fingerprint density at radius 1 is 1.03 bits per heavy atom. The monoisotopic (exact) mass is 428 g/mol. The molecule has 0 aliphatic carbocycles. The van der Waals surface area contributed by atoms with Gasteiger partial charge in [-0.1, -0.05) is 29.8 Å². The Balaban J connectivity index is 1.61. The number of amides is 1. The quantitative estimate of drug-likeness (QED) is 0.453. The van der Waals surface area contributed by atoms with Crippen molar-refractivity contribution in [3.05, 3.63) is 83.9 Å². The number of aromatic nitrogens is 3. The average Bonchev–Trinajstić information content (AvgIpc) is 3.24. The summed E-state index contributed by atoms with van der Waals surface area (Å²) in [6, 6.07) is 22.8. The predicted octanol–water partition coefficient (Wildman–Crippen LogP) is 4.90. The van der Waals surface area contributed by atoms with E-state index >= 15 is 0 Å². The van der Waals surface area contributed by atoms with Crippen LogP contribution in [0.1, 0.15) is 22.8 Å². The van der Waals surface area contributed by atoms with Crippen LogP contribution in [-0.2, 0) is 0 Å². The number of hydrogen-bond acceptors (Lipinski definition) is 5. The first kappa shape index (κ1) is 21.1. The molecule has 32 heavy (non-hydrogen) atoms. The molecule has 4 aromatic rings. The molecule has 162 valence electrons. The third kappa shape index (κ3) is 4.62. The van der Waals surface area contributed by atoms with Crippen molar-refractivity contribution in [2.45, 2.75) is 13.8 Å². The van der Waals surface area contributed by atoms with Gasteiger partial charge in [0.1, 0.15) is 5.75 Å². The van der Waals surface area contributed by atoms with Crippen LogP contribution < -0.4 is 14.8 Å². The maximum atomic E-state index is 12.5. The molecule has 0 spiro atoms. The summed E-state index contributed by atoms with van der Waals surface area (Å²) in [5.41, 5.74) is 4.04. The van der Waals surface area contributed by atoms with Crippen molar-refractivity contribution in [3.63, 3.8) is 0 Å². The van der Waals surface area contributed by atoms with E-state index in [1.54, 1.807) is 11.8 Å². The molecule has 1 N–H and O–H groups in total. The van der Waals surface area contributed by atoms with Crippen LogP contribution in [0.25, 0.3) is 17.1 Å². The summed E-state index contributed by atoms with van der Waals surface area (Å²) in [5, 5.41) is 7.42. The fourth-order valence-electron chi connectivity index (χ4n) is 3.21. The lowest BCUT2D eigenvalue weighted by atomic mass is 10.1. The van der Waals surface area contributed by atoms with E-state index in [4.69, 9.17) is 9.47 Å².